The Labute approximate surface area is 111 Å². The van der Waals surface area contributed by atoms with Crippen LogP contribution in [0, 0.1) is 0 Å². The molecule has 0 aliphatic carbocycles. The van der Waals surface area contributed by atoms with E-state index in [0.29, 0.717) is 12.8 Å². The number of nitrogens with one attached hydrogen (secondary N) is 1. The Kier molecular flexibility index (Phi) is 9.41. The molecule has 110 valence electrons. The van der Waals surface area contributed by atoms with Gasteiger partial charge in [0.1, 0.15) is 13.2 Å². The number of carbonyl (C=O) groups excluding carboxylic acids is 1. The minimum atomic E-state index is -4.42. The lowest BCUT2D eigenvalue weighted by molar-refractivity contribution is -0.176. The summed E-state index contributed by atoms with van der Waals surface area (Å²) in [7, 11) is 0. The van der Waals surface area contributed by atoms with Gasteiger partial charge in [0.25, 0.3) is 0 Å². The second-order valence-electron chi connectivity index (χ2n) is 3.85. The van der Waals surface area contributed by atoms with Crippen LogP contribution >= 0.6 is 12.4 Å². The molecular weight excluding hydrogens is 273 g/mol. The summed E-state index contributed by atoms with van der Waals surface area (Å²) in [4.78, 5) is 11.4. The van der Waals surface area contributed by atoms with Gasteiger partial charge in [0.2, 0.25) is 5.91 Å². The van der Waals surface area contributed by atoms with Crippen LogP contribution in [0.25, 0.3) is 0 Å². The number of halogens is 4. The van der Waals surface area contributed by atoms with Crippen molar-refractivity contribution in [3.63, 3.8) is 0 Å². The molecule has 0 saturated carbocycles. The van der Waals surface area contributed by atoms with Gasteiger partial charge in [0.05, 0.1) is 5.54 Å². The first-order chi connectivity index (χ1) is 7.78. The van der Waals surface area contributed by atoms with E-state index in [2.05, 4.69) is 10.1 Å². The Bertz CT molecular complexity index is 238. The molecule has 0 bridgehead atoms. The van der Waals surface area contributed by atoms with Crippen LogP contribution < -0.4 is 11.1 Å². The van der Waals surface area contributed by atoms with Crippen LogP contribution in [0.3, 0.4) is 0 Å². The van der Waals surface area contributed by atoms with Crippen LogP contribution in [0.15, 0.2) is 0 Å². The molecule has 0 spiro atoms. The van der Waals surface area contributed by atoms with E-state index in [1.54, 1.807) is 0 Å². The number of hydrogen-bond donors (Lipinski definition) is 2. The zero-order chi connectivity index (χ0) is 13.5. The van der Waals surface area contributed by atoms with E-state index in [0.717, 1.165) is 0 Å². The number of rotatable bonds is 7. The molecule has 0 aromatic carbocycles. The van der Waals surface area contributed by atoms with E-state index in [4.69, 9.17) is 5.73 Å². The Morgan fingerprint density at radius 2 is 1.78 bits per heavy atom. The minimum Gasteiger partial charge on any atom is -0.362 e. The van der Waals surface area contributed by atoms with Crippen molar-refractivity contribution in [2.24, 2.45) is 5.73 Å². The van der Waals surface area contributed by atoms with Gasteiger partial charge >= 0.3 is 6.18 Å². The summed E-state index contributed by atoms with van der Waals surface area (Å²) in [6.07, 6.45) is -3.18. The Hall–Kier alpha value is -0.530. The highest BCUT2D eigenvalue weighted by Crippen LogP contribution is 2.15. The van der Waals surface area contributed by atoms with Crippen LogP contribution in [0.2, 0.25) is 0 Å². The third-order valence-corrected chi connectivity index (χ3v) is 2.65. The summed E-state index contributed by atoms with van der Waals surface area (Å²) in [5, 5.41) is 2.61. The quantitative estimate of drug-likeness (QED) is 0.749. The first-order valence-corrected chi connectivity index (χ1v) is 5.44. The molecule has 0 radical (unpaired) electrons. The highest BCUT2D eigenvalue weighted by atomic mass is 35.5. The topological polar surface area (TPSA) is 64.3 Å². The van der Waals surface area contributed by atoms with Gasteiger partial charge in [-0.15, -0.1) is 12.4 Å². The smallest absolute Gasteiger partial charge is 0.362 e. The average molecular weight is 293 g/mol. The predicted molar refractivity (Wildman–Crippen MR) is 64.6 cm³/mol. The molecule has 0 atom stereocenters. The average Bonchev–Trinajstić information content (AvgIpc) is 2.24. The highest BCUT2D eigenvalue weighted by molar-refractivity contribution is 5.85. The van der Waals surface area contributed by atoms with E-state index in [-0.39, 0.29) is 19.0 Å². The van der Waals surface area contributed by atoms with Gasteiger partial charge in [-0.2, -0.15) is 13.2 Å². The number of ether oxygens (including phenoxy) is 1. The standard InChI is InChI=1S/C10H19F3N2O2.ClH/c1-3-9(4-2,6-14)15-8(16)5-17-7-10(11,12)13;/h3-7,14H2,1-2H3,(H,15,16);1H. The Balaban J connectivity index is 0. The Morgan fingerprint density at radius 3 is 2.11 bits per heavy atom. The van der Waals surface area contributed by atoms with Crippen molar-refractivity contribution in [1.29, 1.82) is 0 Å². The van der Waals surface area contributed by atoms with Gasteiger partial charge in [0, 0.05) is 6.54 Å². The SMILES string of the molecule is CCC(CC)(CN)NC(=O)COCC(F)(F)F.Cl. The van der Waals surface area contributed by atoms with Crippen LogP contribution in [0.4, 0.5) is 13.2 Å². The molecule has 0 fully saturated rings. The maximum absolute atomic E-state index is 11.8. The number of hydrogen-bond acceptors (Lipinski definition) is 3. The largest absolute Gasteiger partial charge is 0.411 e. The second-order valence-corrected chi connectivity index (χ2v) is 3.85. The molecule has 0 aliphatic rings. The number of carbonyl (C=O) groups is 1. The molecule has 0 aromatic heterocycles. The van der Waals surface area contributed by atoms with Gasteiger partial charge in [-0.3, -0.25) is 4.79 Å². The van der Waals surface area contributed by atoms with Crippen molar-refractivity contribution < 1.29 is 22.7 Å². The highest BCUT2D eigenvalue weighted by Gasteiger charge is 2.29. The van der Waals surface area contributed by atoms with Gasteiger partial charge in [-0.05, 0) is 12.8 Å². The van der Waals surface area contributed by atoms with Crippen molar-refractivity contribution in [2.45, 2.75) is 38.4 Å². The predicted octanol–water partition coefficient (Wildman–Crippen LogP) is 1.62. The van der Waals surface area contributed by atoms with Crippen molar-refractivity contribution in [3.05, 3.63) is 0 Å². The molecule has 8 heteroatoms. The first-order valence-electron chi connectivity index (χ1n) is 5.44. The fourth-order valence-electron chi connectivity index (χ4n) is 1.36. The summed E-state index contributed by atoms with van der Waals surface area (Å²) in [5.74, 6) is -0.580. The molecule has 3 N–H and O–H groups in total. The maximum Gasteiger partial charge on any atom is 0.411 e. The molecule has 1 amide bonds. The lowest BCUT2D eigenvalue weighted by Crippen LogP contribution is -2.53. The zero-order valence-corrected chi connectivity index (χ0v) is 11.3. The summed E-state index contributed by atoms with van der Waals surface area (Å²) >= 11 is 0. The molecule has 0 unspecified atom stereocenters. The third-order valence-electron chi connectivity index (χ3n) is 2.65. The van der Waals surface area contributed by atoms with E-state index in [9.17, 15) is 18.0 Å². The summed E-state index contributed by atoms with van der Waals surface area (Å²) in [6.45, 7) is 1.92. The molecule has 0 aliphatic heterocycles. The zero-order valence-electron chi connectivity index (χ0n) is 10.5. The normalized spacial score (nSPS) is 11.9. The number of alkyl halides is 3. The molecule has 0 saturated heterocycles. The lowest BCUT2D eigenvalue weighted by atomic mass is 9.93. The fourth-order valence-corrected chi connectivity index (χ4v) is 1.36. The van der Waals surface area contributed by atoms with Crippen LogP contribution in [0.5, 0.6) is 0 Å². The number of nitrogens with two attached hydrogens (primary N) is 1. The van der Waals surface area contributed by atoms with Crippen molar-refractivity contribution >= 4 is 18.3 Å². The summed E-state index contributed by atoms with van der Waals surface area (Å²) in [5.41, 5.74) is 4.98. The van der Waals surface area contributed by atoms with Crippen molar-refractivity contribution in [3.8, 4) is 0 Å². The van der Waals surface area contributed by atoms with Crippen molar-refractivity contribution in [2.75, 3.05) is 19.8 Å². The molecule has 0 rings (SSSR count). The Morgan fingerprint density at radius 1 is 1.28 bits per heavy atom. The van der Waals surface area contributed by atoms with Gasteiger partial charge in [-0.1, -0.05) is 13.8 Å². The van der Waals surface area contributed by atoms with Gasteiger partial charge in [0.15, 0.2) is 0 Å². The van der Waals surface area contributed by atoms with Crippen molar-refractivity contribution in [1.82, 2.24) is 5.32 Å². The van der Waals surface area contributed by atoms with Crippen LogP contribution in [-0.2, 0) is 9.53 Å². The maximum atomic E-state index is 11.8. The van der Waals surface area contributed by atoms with Crippen LogP contribution in [0.1, 0.15) is 26.7 Å². The third kappa shape index (κ3) is 7.73. The number of amides is 1. The van der Waals surface area contributed by atoms with E-state index in [1.807, 2.05) is 13.8 Å². The molecule has 18 heavy (non-hydrogen) atoms. The monoisotopic (exact) mass is 292 g/mol. The van der Waals surface area contributed by atoms with Crippen LogP contribution in [-0.4, -0.2) is 37.4 Å². The van der Waals surface area contributed by atoms with E-state index < -0.39 is 30.8 Å². The fraction of sp³-hybridized carbons (Fsp3) is 0.900. The summed E-state index contributed by atoms with van der Waals surface area (Å²) in [6, 6.07) is 0. The van der Waals surface area contributed by atoms with Gasteiger partial charge in [-0.25, -0.2) is 0 Å². The first kappa shape index (κ1) is 19.8. The molecular formula is C10H20ClF3N2O2. The summed E-state index contributed by atoms with van der Waals surface area (Å²) < 4.78 is 39.6. The van der Waals surface area contributed by atoms with E-state index in [1.165, 1.54) is 0 Å². The molecule has 0 aromatic rings. The van der Waals surface area contributed by atoms with E-state index >= 15 is 0 Å². The lowest BCUT2D eigenvalue weighted by Gasteiger charge is -2.31. The minimum absolute atomic E-state index is 0. The van der Waals surface area contributed by atoms with Gasteiger partial charge < -0.3 is 15.8 Å². The molecule has 0 heterocycles. The molecule has 4 nitrogen and oxygen atoms in total. The second kappa shape index (κ2) is 8.55.